The number of aromatic nitrogens is 2. The van der Waals surface area contributed by atoms with E-state index in [0.717, 1.165) is 17.8 Å². The van der Waals surface area contributed by atoms with E-state index >= 15 is 0 Å². The second kappa shape index (κ2) is 7.96. The summed E-state index contributed by atoms with van der Waals surface area (Å²) in [4.78, 5) is 23.3. The molecule has 2 N–H and O–H groups in total. The lowest BCUT2D eigenvalue weighted by Gasteiger charge is -2.21. The van der Waals surface area contributed by atoms with Gasteiger partial charge >= 0.3 is 0 Å². The first-order valence-corrected chi connectivity index (χ1v) is 7.85. The van der Waals surface area contributed by atoms with Crippen LogP contribution in [0.1, 0.15) is 44.6 Å². The second-order valence-corrected chi connectivity index (χ2v) is 5.94. The SMILES string of the molecule is CCc1c(C)nn(CCNC(=O)[C@H](NC(C)=O)C(C)C)c1C. The van der Waals surface area contributed by atoms with Crippen LogP contribution in [0.15, 0.2) is 0 Å². The number of nitrogens with one attached hydrogen (secondary N) is 2. The molecule has 0 aliphatic heterocycles. The van der Waals surface area contributed by atoms with Crippen molar-refractivity contribution in [1.82, 2.24) is 20.4 Å². The number of amides is 2. The summed E-state index contributed by atoms with van der Waals surface area (Å²) in [7, 11) is 0. The Kier molecular flexibility index (Phi) is 6.59. The average Bonchev–Trinajstić information content (AvgIpc) is 2.69. The third-order valence-corrected chi connectivity index (χ3v) is 3.82. The summed E-state index contributed by atoms with van der Waals surface area (Å²) in [5.41, 5.74) is 3.46. The molecule has 2 amide bonds. The molecular weight excluding hydrogens is 280 g/mol. The molecule has 1 rings (SSSR count). The van der Waals surface area contributed by atoms with E-state index in [4.69, 9.17) is 0 Å². The van der Waals surface area contributed by atoms with Crippen LogP contribution in [0, 0.1) is 19.8 Å². The molecule has 0 bridgehead atoms. The normalized spacial score (nSPS) is 12.3. The molecule has 0 saturated heterocycles. The molecule has 22 heavy (non-hydrogen) atoms. The van der Waals surface area contributed by atoms with Crippen molar-refractivity contribution in [2.45, 2.75) is 60.5 Å². The molecule has 6 nitrogen and oxygen atoms in total. The first-order valence-electron chi connectivity index (χ1n) is 7.85. The molecule has 1 heterocycles. The predicted octanol–water partition coefficient (Wildman–Crippen LogP) is 1.34. The molecule has 6 heteroatoms. The van der Waals surface area contributed by atoms with Gasteiger partial charge in [0.15, 0.2) is 0 Å². The maximum Gasteiger partial charge on any atom is 0.242 e. The van der Waals surface area contributed by atoms with Crippen molar-refractivity contribution in [3.8, 4) is 0 Å². The highest BCUT2D eigenvalue weighted by Gasteiger charge is 2.22. The van der Waals surface area contributed by atoms with Crippen LogP contribution in [0.5, 0.6) is 0 Å². The van der Waals surface area contributed by atoms with E-state index in [1.54, 1.807) is 0 Å². The number of carbonyl (C=O) groups excluding carboxylic acids is 2. The van der Waals surface area contributed by atoms with Gasteiger partial charge in [0.05, 0.1) is 12.2 Å². The van der Waals surface area contributed by atoms with E-state index in [-0.39, 0.29) is 17.7 Å². The highest BCUT2D eigenvalue weighted by Crippen LogP contribution is 2.13. The van der Waals surface area contributed by atoms with Crippen molar-refractivity contribution >= 4 is 11.8 Å². The van der Waals surface area contributed by atoms with E-state index in [1.807, 2.05) is 25.5 Å². The molecule has 0 aliphatic carbocycles. The molecule has 1 atom stereocenters. The van der Waals surface area contributed by atoms with Gasteiger partial charge in [0.2, 0.25) is 11.8 Å². The maximum absolute atomic E-state index is 12.2. The van der Waals surface area contributed by atoms with Gasteiger partial charge < -0.3 is 10.6 Å². The van der Waals surface area contributed by atoms with Gasteiger partial charge in [-0.3, -0.25) is 14.3 Å². The largest absolute Gasteiger partial charge is 0.352 e. The molecule has 0 fully saturated rings. The fourth-order valence-electron chi connectivity index (χ4n) is 2.61. The highest BCUT2D eigenvalue weighted by atomic mass is 16.2. The van der Waals surface area contributed by atoms with E-state index in [2.05, 4.69) is 29.6 Å². The zero-order valence-corrected chi connectivity index (χ0v) is 14.5. The maximum atomic E-state index is 12.2. The molecule has 0 radical (unpaired) electrons. The highest BCUT2D eigenvalue weighted by molar-refractivity contribution is 5.86. The molecule has 0 aromatic carbocycles. The first-order chi connectivity index (χ1) is 10.3. The minimum atomic E-state index is -0.496. The van der Waals surface area contributed by atoms with E-state index in [9.17, 15) is 9.59 Å². The Bertz CT molecular complexity index is 534. The van der Waals surface area contributed by atoms with Gasteiger partial charge in [-0.15, -0.1) is 0 Å². The van der Waals surface area contributed by atoms with Gasteiger partial charge in [0.1, 0.15) is 6.04 Å². The predicted molar refractivity (Wildman–Crippen MR) is 86.5 cm³/mol. The smallest absolute Gasteiger partial charge is 0.242 e. The Morgan fingerprint density at radius 2 is 1.91 bits per heavy atom. The van der Waals surface area contributed by atoms with Crippen molar-refractivity contribution in [3.05, 3.63) is 17.0 Å². The summed E-state index contributed by atoms with van der Waals surface area (Å²) in [5.74, 6) is -0.299. The third-order valence-electron chi connectivity index (χ3n) is 3.82. The lowest BCUT2D eigenvalue weighted by molar-refractivity contribution is -0.129. The van der Waals surface area contributed by atoms with Gasteiger partial charge in [-0.2, -0.15) is 5.10 Å². The van der Waals surface area contributed by atoms with Crippen LogP contribution in [-0.2, 0) is 22.6 Å². The van der Waals surface area contributed by atoms with Crippen LogP contribution in [0.3, 0.4) is 0 Å². The van der Waals surface area contributed by atoms with Gasteiger partial charge in [0, 0.05) is 19.2 Å². The minimum absolute atomic E-state index is 0.0456. The Morgan fingerprint density at radius 3 is 2.36 bits per heavy atom. The van der Waals surface area contributed by atoms with Crippen LogP contribution < -0.4 is 10.6 Å². The Hall–Kier alpha value is -1.85. The summed E-state index contributed by atoms with van der Waals surface area (Å²) in [6.45, 7) is 12.5. The quantitative estimate of drug-likeness (QED) is 0.798. The van der Waals surface area contributed by atoms with Crippen molar-refractivity contribution in [2.24, 2.45) is 5.92 Å². The van der Waals surface area contributed by atoms with Gasteiger partial charge in [-0.1, -0.05) is 20.8 Å². The number of nitrogens with zero attached hydrogens (tertiary/aromatic N) is 2. The van der Waals surface area contributed by atoms with Crippen LogP contribution in [0.25, 0.3) is 0 Å². The lowest BCUT2D eigenvalue weighted by atomic mass is 10.0. The number of carbonyl (C=O) groups is 2. The van der Waals surface area contributed by atoms with Crippen LogP contribution in [-0.4, -0.2) is 34.2 Å². The number of aryl methyl sites for hydroxylation is 1. The summed E-state index contributed by atoms with van der Waals surface area (Å²) < 4.78 is 1.93. The van der Waals surface area contributed by atoms with E-state index in [1.165, 1.54) is 12.5 Å². The number of hydrogen-bond acceptors (Lipinski definition) is 3. The lowest BCUT2D eigenvalue weighted by Crippen LogP contribution is -2.49. The first kappa shape index (κ1) is 18.2. The third kappa shape index (κ3) is 4.58. The Balaban J connectivity index is 2.59. The van der Waals surface area contributed by atoms with Crippen LogP contribution in [0.4, 0.5) is 0 Å². The Labute approximate surface area is 132 Å². The molecule has 1 aromatic heterocycles. The summed E-state index contributed by atoms with van der Waals surface area (Å²) >= 11 is 0. The molecule has 0 spiro atoms. The fraction of sp³-hybridized carbons (Fsp3) is 0.688. The molecule has 0 aliphatic rings. The standard InChI is InChI=1S/C16H28N4O2/c1-7-14-11(4)19-20(12(14)5)9-8-17-16(22)15(10(2)3)18-13(6)21/h10,15H,7-9H2,1-6H3,(H,17,22)(H,18,21)/t15-/m1/s1. The van der Waals surface area contributed by atoms with Gasteiger partial charge in [0.25, 0.3) is 0 Å². The van der Waals surface area contributed by atoms with Crippen molar-refractivity contribution in [3.63, 3.8) is 0 Å². The number of hydrogen-bond donors (Lipinski definition) is 2. The summed E-state index contributed by atoms with van der Waals surface area (Å²) in [5, 5.41) is 10.1. The fourth-order valence-corrected chi connectivity index (χ4v) is 2.61. The van der Waals surface area contributed by atoms with Crippen LogP contribution in [0.2, 0.25) is 0 Å². The monoisotopic (exact) mass is 308 g/mol. The van der Waals surface area contributed by atoms with E-state index in [0.29, 0.717) is 13.1 Å². The zero-order chi connectivity index (χ0) is 16.9. The molecular formula is C16H28N4O2. The average molecular weight is 308 g/mol. The molecule has 124 valence electrons. The second-order valence-electron chi connectivity index (χ2n) is 5.94. The van der Waals surface area contributed by atoms with Crippen molar-refractivity contribution < 1.29 is 9.59 Å². The van der Waals surface area contributed by atoms with Gasteiger partial charge in [-0.05, 0) is 31.7 Å². The molecule has 0 saturated carbocycles. The number of rotatable bonds is 7. The zero-order valence-electron chi connectivity index (χ0n) is 14.5. The van der Waals surface area contributed by atoms with Gasteiger partial charge in [-0.25, -0.2) is 0 Å². The molecule has 0 unspecified atom stereocenters. The van der Waals surface area contributed by atoms with Crippen molar-refractivity contribution in [2.75, 3.05) is 6.54 Å². The van der Waals surface area contributed by atoms with Crippen LogP contribution >= 0.6 is 0 Å². The Morgan fingerprint density at radius 1 is 1.27 bits per heavy atom. The molecule has 1 aromatic rings. The van der Waals surface area contributed by atoms with E-state index < -0.39 is 6.04 Å². The summed E-state index contributed by atoms with van der Waals surface area (Å²) in [6, 6.07) is -0.496. The minimum Gasteiger partial charge on any atom is -0.352 e. The van der Waals surface area contributed by atoms with Crippen molar-refractivity contribution in [1.29, 1.82) is 0 Å². The summed E-state index contributed by atoms with van der Waals surface area (Å²) in [6.07, 6.45) is 0.960. The topological polar surface area (TPSA) is 76.0 Å².